The SMILES string of the molecule is O=S(=O)([O-])C(O)(Cc1ccccc1)Cc1ccccc1.[Na+]. The molecule has 0 spiro atoms. The van der Waals surface area contributed by atoms with Crippen molar-refractivity contribution in [3.8, 4) is 0 Å². The average molecular weight is 314 g/mol. The van der Waals surface area contributed by atoms with Crippen LogP contribution >= 0.6 is 0 Å². The van der Waals surface area contributed by atoms with Crippen molar-refractivity contribution < 1.29 is 47.6 Å². The van der Waals surface area contributed by atoms with E-state index in [9.17, 15) is 18.1 Å². The van der Waals surface area contributed by atoms with Crippen LogP contribution in [0.3, 0.4) is 0 Å². The van der Waals surface area contributed by atoms with Crippen molar-refractivity contribution in [1.82, 2.24) is 0 Å². The Kier molecular flexibility index (Phi) is 6.59. The molecule has 0 amide bonds. The van der Waals surface area contributed by atoms with Crippen molar-refractivity contribution in [2.75, 3.05) is 0 Å². The molecule has 0 aliphatic rings. The van der Waals surface area contributed by atoms with Crippen LogP contribution in [0.15, 0.2) is 60.7 Å². The first-order chi connectivity index (χ1) is 9.41. The van der Waals surface area contributed by atoms with Crippen LogP contribution in [0, 0.1) is 0 Å². The van der Waals surface area contributed by atoms with Gasteiger partial charge in [-0.05, 0) is 11.1 Å². The summed E-state index contributed by atoms with van der Waals surface area (Å²) in [5, 5.41) is 10.4. The maximum absolute atomic E-state index is 11.5. The van der Waals surface area contributed by atoms with Gasteiger partial charge in [0.25, 0.3) is 0 Å². The molecular formula is C15H15NaO4S. The molecule has 6 heteroatoms. The van der Waals surface area contributed by atoms with Gasteiger partial charge in [-0.15, -0.1) is 0 Å². The van der Waals surface area contributed by atoms with E-state index in [0.29, 0.717) is 11.1 Å². The van der Waals surface area contributed by atoms with Gasteiger partial charge >= 0.3 is 29.6 Å². The first-order valence-electron chi connectivity index (χ1n) is 6.16. The van der Waals surface area contributed by atoms with E-state index in [2.05, 4.69) is 0 Å². The molecule has 1 N–H and O–H groups in total. The topological polar surface area (TPSA) is 77.4 Å². The molecule has 2 rings (SSSR count). The standard InChI is InChI=1S/C15H16O4S.Na/c16-15(20(17,18)19,11-13-7-3-1-4-8-13)12-14-9-5-2-6-10-14;/h1-10,16H,11-12H2,(H,17,18,19);/q;+1/p-1. The van der Waals surface area contributed by atoms with Crippen LogP contribution in [0.2, 0.25) is 0 Å². The van der Waals surface area contributed by atoms with Crippen LogP contribution in [0.1, 0.15) is 11.1 Å². The number of rotatable bonds is 5. The summed E-state index contributed by atoms with van der Waals surface area (Å²) in [7, 11) is -4.86. The van der Waals surface area contributed by atoms with Crippen molar-refractivity contribution in [2.24, 2.45) is 0 Å². The predicted molar refractivity (Wildman–Crippen MR) is 74.9 cm³/mol. The van der Waals surface area contributed by atoms with Crippen LogP contribution in [0.25, 0.3) is 0 Å². The van der Waals surface area contributed by atoms with Gasteiger partial charge in [0.05, 0.1) is 0 Å². The van der Waals surface area contributed by atoms with Crippen LogP contribution in [-0.4, -0.2) is 23.0 Å². The van der Waals surface area contributed by atoms with Gasteiger partial charge in [0.1, 0.15) is 10.1 Å². The van der Waals surface area contributed by atoms with E-state index in [1.807, 2.05) is 0 Å². The Morgan fingerprint density at radius 2 is 1.19 bits per heavy atom. The van der Waals surface area contributed by atoms with Crippen LogP contribution in [0.5, 0.6) is 0 Å². The minimum absolute atomic E-state index is 0. The summed E-state index contributed by atoms with van der Waals surface area (Å²) >= 11 is 0. The Morgan fingerprint density at radius 1 is 0.857 bits per heavy atom. The Labute approximate surface area is 146 Å². The molecule has 0 radical (unpaired) electrons. The number of benzene rings is 2. The zero-order valence-electron chi connectivity index (χ0n) is 11.8. The fourth-order valence-corrected chi connectivity index (χ4v) is 2.76. The zero-order chi connectivity index (χ0) is 14.6. The van der Waals surface area contributed by atoms with E-state index in [-0.39, 0.29) is 42.4 Å². The fraction of sp³-hybridized carbons (Fsp3) is 0.200. The van der Waals surface area contributed by atoms with Crippen molar-refractivity contribution in [3.05, 3.63) is 71.8 Å². The van der Waals surface area contributed by atoms with Gasteiger partial charge in [0, 0.05) is 12.8 Å². The van der Waals surface area contributed by atoms with E-state index < -0.39 is 15.1 Å². The molecular weight excluding hydrogens is 299 g/mol. The summed E-state index contributed by atoms with van der Waals surface area (Å²) < 4.78 is 34.4. The molecule has 0 bridgehead atoms. The minimum Gasteiger partial charge on any atom is -0.746 e. The van der Waals surface area contributed by atoms with Gasteiger partial charge in [-0.25, -0.2) is 8.42 Å². The third kappa shape index (κ3) is 4.92. The van der Waals surface area contributed by atoms with E-state index in [4.69, 9.17) is 0 Å². The van der Waals surface area contributed by atoms with Crippen molar-refractivity contribution in [2.45, 2.75) is 17.8 Å². The number of hydrogen-bond donors (Lipinski definition) is 1. The zero-order valence-corrected chi connectivity index (χ0v) is 14.6. The van der Waals surface area contributed by atoms with Gasteiger partial charge in [-0.3, -0.25) is 0 Å². The van der Waals surface area contributed by atoms with E-state index in [1.54, 1.807) is 60.7 Å². The van der Waals surface area contributed by atoms with Gasteiger partial charge in [0.15, 0.2) is 4.93 Å². The molecule has 0 fully saturated rings. The molecule has 21 heavy (non-hydrogen) atoms. The van der Waals surface area contributed by atoms with Gasteiger partial charge in [-0.1, -0.05) is 60.7 Å². The molecule has 0 atom stereocenters. The summed E-state index contributed by atoms with van der Waals surface area (Å²) in [6.45, 7) is 0. The quantitative estimate of drug-likeness (QED) is 0.550. The third-order valence-electron chi connectivity index (χ3n) is 3.11. The average Bonchev–Trinajstić information content (AvgIpc) is 2.39. The minimum atomic E-state index is -4.86. The maximum atomic E-state index is 11.5. The Bertz CT molecular complexity index is 615. The normalized spacial score (nSPS) is 11.7. The van der Waals surface area contributed by atoms with Crippen molar-refractivity contribution in [3.63, 3.8) is 0 Å². The predicted octanol–water partition coefficient (Wildman–Crippen LogP) is -1.29. The molecule has 0 saturated heterocycles. The second-order valence-electron chi connectivity index (χ2n) is 4.73. The third-order valence-corrected chi connectivity index (χ3v) is 4.33. The van der Waals surface area contributed by atoms with E-state index >= 15 is 0 Å². The summed E-state index contributed by atoms with van der Waals surface area (Å²) in [5.41, 5.74) is 1.20. The molecule has 0 saturated carbocycles. The molecule has 0 aliphatic heterocycles. The Hall–Kier alpha value is -0.690. The first-order valence-corrected chi connectivity index (χ1v) is 7.57. The molecule has 2 aromatic carbocycles. The summed E-state index contributed by atoms with van der Waals surface area (Å²) in [5.74, 6) is 0. The van der Waals surface area contributed by atoms with Gasteiger partial charge in [0.2, 0.25) is 0 Å². The van der Waals surface area contributed by atoms with Crippen LogP contribution < -0.4 is 29.6 Å². The summed E-state index contributed by atoms with van der Waals surface area (Å²) in [6.07, 6.45) is -0.455. The van der Waals surface area contributed by atoms with Crippen molar-refractivity contribution >= 4 is 10.1 Å². The van der Waals surface area contributed by atoms with Crippen LogP contribution in [0.4, 0.5) is 0 Å². The molecule has 0 heterocycles. The van der Waals surface area contributed by atoms with E-state index in [0.717, 1.165) is 0 Å². The molecule has 106 valence electrons. The molecule has 0 aromatic heterocycles. The summed E-state index contributed by atoms with van der Waals surface area (Å²) in [4.78, 5) is -2.34. The maximum Gasteiger partial charge on any atom is 1.00 e. The number of hydrogen-bond acceptors (Lipinski definition) is 4. The Morgan fingerprint density at radius 3 is 1.48 bits per heavy atom. The number of aliphatic hydroxyl groups is 1. The smallest absolute Gasteiger partial charge is 0.746 e. The second kappa shape index (κ2) is 7.54. The van der Waals surface area contributed by atoms with Gasteiger partial charge < -0.3 is 9.66 Å². The van der Waals surface area contributed by atoms with Crippen LogP contribution in [-0.2, 0) is 23.0 Å². The molecule has 2 aromatic rings. The Balaban J connectivity index is 0.00000220. The van der Waals surface area contributed by atoms with Crippen molar-refractivity contribution in [1.29, 1.82) is 0 Å². The molecule has 0 unspecified atom stereocenters. The fourth-order valence-electron chi connectivity index (χ4n) is 2.07. The largest absolute Gasteiger partial charge is 1.00 e. The second-order valence-corrected chi connectivity index (χ2v) is 6.39. The van der Waals surface area contributed by atoms with E-state index in [1.165, 1.54) is 0 Å². The molecule has 0 aliphatic carbocycles. The monoisotopic (exact) mass is 314 g/mol. The van der Waals surface area contributed by atoms with Gasteiger partial charge in [-0.2, -0.15) is 0 Å². The molecule has 4 nitrogen and oxygen atoms in total. The summed E-state index contributed by atoms with van der Waals surface area (Å²) in [6, 6.07) is 17.2. The first kappa shape index (κ1) is 18.4.